The van der Waals surface area contributed by atoms with E-state index in [0.717, 1.165) is 32.4 Å². The van der Waals surface area contributed by atoms with Gasteiger partial charge in [-0.2, -0.15) is 0 Å². The van der Waals surface area contributed by atoms with Gasteiger partial charge in [0.2, 0.25) is 0 Å². The van der Waals surface area contributed by atoms with Gasteiger partial charge in [0.25, 0.3) is 5.91 Å². The average Bonchev–Trinajstić information content (AvgIpc) is 2.62. The summed E-state index contributed by atoms with van der Waals surface area (Å²) < 4.78 is 0. The van der Waals surface area contributed by atoms with Gasteiger partial charge < -0.3 is 10.2 Å². The molecule has 0 saturated carbocycles. The smallest absolute Gasteiger partial charge is 0.275 e. The Morgan fingerprint density at radius 3 is 2.67 bits per heavy atom. The molecule has 0 aromatic heterocycles. The summed E-state index contributed by atoms with van der Waals surface area (Å²) in [5.41, 5.74) is 3.97. The molecule has 0 bridgehead atoms. The maximum Gasteiger partial charge on any atom is 0.275 e. The van der Waals surface area contributed by atoms with E-state index in [0.29, 0.717) is 6.54 Å². The number of hydrogen-bond acceptors (Lipinski definition) is 1. The number of benzene rings is 2. The molecule has 3 rings (SSSR count). The number of carbonyl (C=O) groups is 1. The van der Waals surface area contributed by atoms with Crippen LogP contribution in [0.1, 0.15) is 42.5 Å². The maximum atomic E-state index is 12.5. The topological polar surface area (TPSA) is 33.5 Å². The average molecular weight is 323 g/mol. The van der Waals surface area contributed by atoms with E-state index < -0.39 is 0 Å². The van der Waals surface area contributed by atoms with Gasteiger partial charge >= 0.3 is 0 Å². The molecule has 0 spiro atoms. The molecule has 2 N–H and O–H groups in total. The van der Waals surface area contributed by atoms with Crippen LogP contribution in [0.4, 0.5) is 0 Å². The lowest BCUT2D eigenvalue weighted by Crippen LogP contribution is -3.11. The van der Waals surface area contributed by atoms with Gasteiger partial charge in [-0.05, 0) is 37.3 Å². The Morgan fingerprint density at radius 2 is 1.88 bits per heavy atom. The zero-order valence-electron chi connectivity index (χ0n) is 14.4. The standard InChI is InChI=1S/C21H26N2O/c1-2-23(15-17-9-4-3-5-10-17)16-21(24)22-20-14-8-12-18-11-6-7-13-19(18)20/h3-7,9-11,13,20H,2,8,12,14-16H2,1H3,(H,22,24)/p+1/t20-/m1/s1. The van der Waals surface area contributed by atoms with Gasteiger partial charge in [-0.25, -0.2) is 0 Å². The van der Waals surface area contributed by atoms with E-state index >= 15 is 0 Å². The van der Waals surface area contributed by atoms with Crippen molar-refractivity contribution in [3.63, 3.8) is 0 Å². The van der Waals surface area contributed by atoms with Crippen molar-refractivity contribution in [2.24, 2.45) is 0 Å². The Hall–Kier alpha value is -2.13. The molecule has 24 heavy (non-hydrogen) atoms. The highest BCUT2D eigenvalue weighted by Crippen LogP contribution is 2.29. The van der Waals surface area contributed by atoms with Gasteiger partial charge in [0.05, 0.1) is 12.6 Å². The Balaban J connectivity index is 1.59. The highest BCUT2D eigenvalue weighted by atomic mass is 16.2. The van der Waals surface area contributed by atoms with Crippen molar-refractivity contribution in [3.05, 3.63) is 71.3 Å². The van der Waals surface area contributed by atoms with Crippen molar-refractivity contribution in [1.29, 1.82) is 0 Å². The minimum atomic E-state index is 0.157. The third-order valence-corrected chi connectivity index (χ3v) is 4.91. The summed E-state index contributed by atoms with van der Waals surface area (Å²) in [7, 11) is 0. The van der Waals surface area contributed by atoms with Crippen LogP contribution in [0.15, 0.2) is 54.6 Å². The number of rotatable bonds is 6. The van der Waals surface area contributed by atoms with Gasteiger partial charge in [0.1, 0.15) is 6.54 Å². The number of fused-ring (bicyclic) bond motifs is 1. The minimum absolute atomic E-state index is 0.157. The molecule has 1 aliphatic rings. The molecule has 2 aromatic carbocycles. The molecule has 0 aliphatic heterocycles. The summed E-state index contributed by atoms with van der Waals surface area (Å²) in [6.45, 7) is 4.51. The predicted octanol–water partition coefficient (Wildman–Crippen LogP) is 2.29. The van der Waals surface area contributed by atoms with E-state index in [-0.39, 0.29) is 11.9 Å². The van der Waals surface area contributed by atoms with Crippen molar-refractivity contribution >= 4 is 5.91 Å². The van der Waals surface area contributed by atoms with Crippen LogP contribution in [0, 0.1) is 0 Å². The van der Waals surface area contributed by atoms with Crippen LogP contribution < -0.4 is 10.2 Å². The van der Waals surface area contributed by atoms with Crippen molar-refractivity contribution in [2.75, 3.05) is 13.1 Å². The van der Waals surface area contributed by atoms with Gasteiger partial charge in [0, 0.05) is 5.56 Å². The summed E-state index contributed by atoms with van der Waals surface area (Å²) >= 11 is 0. The Kier molecular flexibility index (Phi) is 5.65. The fraction of sp³-hybridized carbons (Fsp3) is 0.381. The summed E-state index contributed by atoms with van der Waals surface area (Å²) in [4.78, 5) is 13.8. The fourth-order valence-corrected chi connectivity index (χ4v) is 3.57. The third-order valence-electron chi connectivity index (χ3n) is 4.91. The van der Waals surface area contributed by atoms with Crippen molar-refractivity contribution in [1.82, 2.24) is 5.32 Å². The van der Waals surface area contributed by atoms with Crippen molar-refractivity contribution < 1.29 is 9.69 Å². The molecule has 0 saturated heterocycles. The summed E-state index contributed by atoms with van der Waals surface area (Å²) in [5.74, 6) is 0.157. The highest BCUT2D eigenvalue weighted by molar-refractivity contribution is 5.77. The third kappa shape index (κ3) is 4.24. The molecule has 2 atom stereocenters. The zero-order chi connectivity index (χ0) is 16.8. The van der Waals surface area contributed by atoms with Crippen molar-refractivity contribution in [3.8, 4) is 0 Å². The SMILES string of the molecule is CC[NH+](CC(=O)N[C@@H]1CCCc2ccccc21)Cc1ccccc1. The maximum absolute atomic E-state index is 12.5. The molecule has 3 heteroatoms. The Bertz CT molecular complexity index is 669. The van der Waals surface area contributed by atoms with E-state index in [9.17, 15) is 4.79 Å². The van der Waals surface area contributed by atoms with E-state index in [1.807, 2.05) is 6.07 Å². The lowest BCUT2D eigenvalue weighted by Gasteiger charge is -2.27. The molecular weight excluding hydrogens is 296 g/mol. The van der Waals surface area contributed by atoms with Gasteiger partial charge in [-0.3, -0.25) is 4.79 Å². The first-order valence-corrected chi connectivity index (χ1v) is 9.01. The fourth-order valence-electron chi connectivity index (χ4n) is 3.57. The van der Waals surface area contributed by atoms with Crippen LogP contribution >= 0.6 is 0 Å². The van der Waals surface area contributed by atoms with Crippen LogP contribution in [0.3, 0.4) is 0 Å². The van der Waals surface area contributed by atoms with E-state index in [1.54, 1.807) is 0 Å². The molecule has 126 valence electrons. The second-order valence-corrected chi connectivity index (χ2v) is 6.65. The van der Waals surface area contributed by atoms with E-state index in [4.69, 9.17) is 0 Å². The number of likely N-dealkylation sites (N-methyl/N-ethyl adjacent to an activating group) is 1. The quantitative estimate of drug-likeness (QED) is 0.840. The Labute approximate surface area is 144 Å². The van der Waals surface area contributed by atoms with Crippen LogP contribution in [0.5, 0.6) is 0 Å². The molecule has 0 fully saturated rings. The first-order valence-electron chi connectivity index (χ1n) is 9.01. The van der Waals surface area contributed by atoms with Crippen LogP contribution in [0.25, 0.3) is 0 Å². The zero-order valence-corrected chi connectivity index (χ0v) is 14.4. The van der Waals surface area contributed by atoms with Gasteiger partial charge in [-0.1, -0.05) is 54.6 Å². The van der Waals surface area contributed by atoms with Crippen molar-refractivity contribution in [2.45, 2.75) is 38.8 Å². The van der Waals surface area contributed by atoms with E-state index in [1.165, 1.54) is 21.6 Å². The first-order chi connectivity index (χ1) is 11.8. The number of hydrogen-bond donors (Lipinski definition) is 2. The second-order valence-electron chi connectivity index (χ2n) is 6.65. The predicted molar refractivity (Wildman–Crippen MR) is 96.8 cm³/mol. The lowest BCUT2D eigenvalue weighted by molar-refractivity contribution is -0.904. The first kappa shape index (κ1) is 16.7. The molecule has 1 aliphatic carbocycles. The second kappa shape index (κ2) is 8.11. The summed E-state index contributed by atoms with van der Waals surface area (Å²) in [6.07, 6.45) is 3.32. The lowest BCUT2D eigenvalue weighted by atomic mass is 9.88. The number of quaternary nitrogens is 1. The molecule has 2 aromatic rings. The molecule has 0 radical (unpaired) electrons. The Morgan fingerprint density at radius 1 is 1.12 bits per heavy atom. The minimum Gasteiger partial charge on any atom is -0.344 e. The largest absolute Gasteiger partial charge is 0.344 e. The monoisotopic (exact) mass is 323 g/mol. The molecule has 1 amide bonds. The summed E-state index contributed by atoms with van der Waals surface area (Å²) in [5, 5.41) is 3.27. The van der Waals surface area contributed by atoms with Gasteiger partial charge in [0.15, 0.2) is 6.54 Å². The molecule has 1 unspecified atom stereocenters. The summed E-state index contributed by atoms with van der Waals surface area (Å²) in [6, 6.07) is 19.1. The number of carbonyl (C=O) groups excluding carboxylic acids is 1. The molecule has 0 heterocycles. The number of aryl methyl sites for hydroxylation is 1. The molecule has 3 nitrogen and oxygen atoms in total. The molecular formula is C21H27N2O+. The van der Waals surface area contributed by atoms with Gasteiger partial charge in [-0.15, -0.1) is 0 Å². The number of nitrogens with one attached hydrogen (secondary N) is 2. The van der Waals surface area contributed by atoms with Crippen LogP contribution in [-0.2, 0) is 17.8 Å². The normalized spacial score (nSPS) is 17.8. The highest BCUT2D eigenvalue weighted by Gasteiger charge is 2.23. The number of amides is 1. The van der Waals surface area contributed by atoms with Crippen LogP contribution in [0.2, 0.25) is 0 Å². The van der Waals surface area contributed by atoms with Crippen LogP contribution in [-0.4, -0.2) is 19.0 Å². The van der Waals surface area contributed by atoms with E-state index in [2.05, 4.69) is 60.8 Å².